The van der Waals surface area contributed by atoms with E-state index in [0.717, 1.165) is 31.5 Å². The van der Waals surface area contributed by atoms with Crippen LogP contribution in [-0.2, 0) is 25.1 Å². The Morgan fingerprint density at radius 2 is 1.44 bits per heavy atom. The molecule has 2 aromatic carbocycles. The van der Waals surface area contributed by atoms with Gasteiger partial charge in [0.15, 0.2) is 0 Å². The summed E-state index contributed by atoms with van der Waals surface area (Å²) in [5.41, 5.74) is 14.6. The first-order valence-corrected chi connectivity index (χ1v) is 17.1. The van der Waals surface area contributed by atoms with Gasteiger partial charge in [0.05, 0.1) is 17.9 Å². The minimum atomic E-state index is -0.648. The number of benzene rings is 2. The normalized spacial score (nSPS) is 11.8. The second-order valence-corrected chi connectivity index (χ2v) is 14.9. The SMILES string of the molecule is CCOC(=O)/C(=C/c1cnc(-c2ccc(C(C)(C)C)cc2)s1)N=[N+]=[N-].CCOC(=O)c1cc2sc(-c3ccc(C(C)(C)C)cc3)nc2[nH]1. The molecule has 0 saturated heterocycles. The predicted molar refractivity (Wildman–Crippen MR) is 194 cm³/mol. The number of aromatic nitrogens is 3. The molecule has 5 aromatic rings. The number of carbonyl (C=O) groups is 2. The first-order chi connectivity index (χ1) is 22.7. The van der Waals surface area contributed by atoms with Crippen LogP contribution in [0, 0.1) is 0 Å². The Morgan fingerprint density at radius 1 is 0.875 bits per heavy atom. The minimum absolute atomic E-state index is 0.0809. The summed E-state index contributed by atoms with van der Waals surface area (Å²) in [6.45, 7) is 17.2. The van der Waals surface area contributed by atoms with Crippen LogP contribution in [0.5, 0.6) is 0 Å². The van der Waals surface area contributed by atoms with Crippen molar-refractivity contribution in [2.75, 3.05) is 13.2 Å². The lowest BCUT2D eigenvalue weighted by Crippen LogP contribution is -2.10. The van der Waals surface area contributed by atoms with Crippen LogP contribution in [0.4, 0.5) is 0 Å². The molecule has 0 bridgehead atoms. The third kappa shape index (κ3) is 9.19. The molecule has 12 heteroatoms. The van der Waals surface area contributed by atoms with Gasteiger partial charge < -0.3 is 14.5 Å². The molecule has 0 saturated carbocycles. The van der Waals surface area contributed by atoms with Crippen LogP contribution in [-0.4, -0.2) is 40.1 Å². The van der Waals surface area contributed by atoms with Crippen molar-refractivity contribution in [3.8, 4) is 21.1 Å². The number of rotatable bonds is 8. The molecule has 0 amide bonds. The predicted octanol–water partition coefficient (Wildman–Crippen LogP) is 10.1. The molecule has 10 nitrogen and oxygen atoms in total. The van der Waals surface area contributed by atoms with Gasteiger partial charge in [0.25, 0.3) is 0 Å². The summed E-state index contributed by atoms with van der Waals surface area (Å²) in [7, 11) is 0. The van der Waals surface area contributed by atoms with Gasteiger partial charge in [-0.1, -0.05) is 95.2 Å². The van der Waals surface area contributed by atoms with Gasteiger partial charge >= 0.3 is 11.9 Å². The lowest BCUT2D eigenvalue weighted by Gasteiger charge is -2.18. The lowest BCUT2D eigenvalue weighted by molar-refractivity contribution is -0.138. The van der Waals surface area contributed by atoms with Gasteiger partial charge in [-0.25, -0.2) is 19.6 Å². The molecule has 0 aliphatic heterocycles. The highest BCUT2D eigenvalue weighted by molar-refractivity contribution is 7.21. The number of fused-ring (bicyclic) bond motifs is 1. The lowest BCUT2D eigenvalue weighted by atomic mass is 9.87. The number of esters is 2. The Morgan fingerprint density at radius 3 is 1.94 bits per heavy atom. The van der Waals surface area contributed by atoms with E-state index < -0.39 is 5.97 Å². The van der Waals surface area contributed by atoms with Crippen LogP contribution in [0.1, 0.15) is 81.9 Å². The largest absolute Gasteiger partial charge is 0.462 e. The van der Waals surface area contributed by atoms with Crippen molar-refractivity contribution in [2.24, 2.45) is 5.11 Å². The summed E-state index contributed by atoms with van der Waals surface area (Å²) in [6, 6.07) is 18.6. The zero-order chi connectivity index (χ0) is 35.1. The molecule has 0 spiro atoms. The third-order valence-corrected chi connectivity index (χ3v) is 9.16. The van der Waals surface area contributed by atoms with Gasteiger partial charge in [-0.05, 0) is 53.5 Å². The summed E-state index contributed by atoms with van der Waals surface area (Å²) in [6.07, 6.45) is 3.13. The molecule has 1 N–H and O–H groups in total. The number of carbonyl (C=O) groups excluding carboxylic acids is 2. The van der Waals surface area contributed by atoms with E-state index in [0.29, 0.717) is 17.2 Å². The highest BCUT2D eigenvalue weighted by atomic mass is 32.1. The zero-order valence-corrected chi connectivity index (χ0v) is 30.1. The highest BCUT2D eigenvalue weighted by Crippen LogP contribution is 2.33. The van der Waals surface area contributed by atoms with Crippen LogP contribution in [0.3, 0.4) is 0 Å². The standard InChI is InChI=1S/C18H20N4O2S.C18H20N2O2S/c1-5-24-17(23)15(21-22-19)10-14-11-20-16(25-14)12-6-8-13(9-7-12)18(2,3)4;1-5-22-17(21)13-10-14-15(19-13)20-16(23-14)11-6-8-12(9-7-11)18(2,3)4/h6-11H,5H2,1-4H3;6-10,19H,5H2,1-4H3/b15-10-;. The number of aromatic amines is 1. The Balaban J connectivity index is 0.000000217. The number of azide groups is 1. The smallest absolute Gasteiger partial charge is 0.354 e. The molecule has 5 rings (SSSR count). The van der Waals surface area contributed by atoms with E-state index in [9.17, 15) is 9.59 Å². The van der Waals surface area contributed by atoms with E-state index in [-0.39, 0.29) is 29.1 Å². The van der Waals surface area contributed by atoms with Crippen LogP contribution < -0.4 is 0 Å². The van der Waals surface area contributed by atoms with Crippen molar-refractivity contribution in [3.05, 3.63) is 98.6 Å². The van der Waals surface area contributed by atoms with Gasteiger partial charge in [-0.3, -0.25) is 0 Å². The summed E-state index contributed by atoms with van der Waals surface area (Å²) in [5, 5.41) is 5.18. The molecule has 0 aliphatic rings. The quantitative estimate of drug-likeness (QED) is 0.0566. The van der Waals surface area contributed by atoms with E-state index in [1.54, 1.807) is 37.4 Å². The first-order valence-electron chi connectivity index (χ1n) is 15.5. The molecule has 0 radical (unpaired) electrons. The average Bonchev–Trinajstić information content (AvgIpc) is 3.77. The van der Waals surface area contributed by atoms with Crippen LogP contribution in [0.25, 0.3) is 48.0 Å². The van der Waals surface area contributed by atoms with E-state index >= 15 is 0 Å². The summed E-state index contributed by atoms with van der Waals surface area (Å²) in [5.74, 6) is -0.987. The van der Waals surface area contributed by atoms with Crippen molar-refractivity contribution in [1.29, 1.82) is 0 Å². The van der Waals surface area contributed by atoms with Crippen LogP contribution in [0.15, 0.2) is 71.6 Å². The number of H-pyrrole nitrogens is 1. The Kier molecular flexibility index (Phi) is 11.6. The molecular formula is C36H40N6O4S2. The topological polar surface area (TPSA) is 143 Å². The Bertz CT molecular complexity index is 1920. The molecule has 3 heterocycles. The fraction of sp³-hybridized carbons (Fsp3) is 0.333. The van der Waals surface area contributed by atoms with E-state index in [1.165, 1.54) is 28.5 Å². The van der Waals surface area contributed by atoms with Gasteiger partial charge in [-0.2, -0.15) is 0 Å². The molecule has 3 aromatic heterocycles. The molecule has 250 valence electrons. The third-order valence-electron chi connectivity index (χ3n) is 7.11. The molecule has 0 atom stereocenters. The van der Waals surface area contributed by atoms with Crippen molar-refractivity contribution >= 4 is 51.0 Å². The molecule has 48 heavy (non-hydrogen) atoms. The van der Waals surface area contributed by atoms with Crippen molar-refractivity contribution in [1.82, 2.24) is 15.0 Å². The summed E-state index contributed by atoms with van der Waals surface area (Å²) < 4.78 is 10.8. The van der Waals surface area contributed by atoms with E-state index in [4.69, 9.17) is 15.0 Å². The van der Waals surface area contributed by atoms with Crippen LogP contribution >= 0.6 is 22.7 Å². The van der Waals surface area contributed by atoms with Gasteiger partial charge in [-0.15, -0.1) is 22.7 Å². The fourth-order valence-corrected chi connectivity index (χ4v) is 6.31. The monoisotopic (exact) mass is 684 g/mol. The minimum Gasteiger partial charge on any atom is -0.462 e. The maximum absolute atomic E-state index is 11.8. The second kappa shape index (κ2) is 15.4. The molecule has 0 fully saturated rings. The summed E-state index contributed by atoms with van der Waals surface area (Å²) in [4.78, 5) is 38.9. The first kappa shape index (κ1) is 36.1. The highest BCUT2D eigenvalue weighted by Gasteiger charge is 2.17. The number of thiazole rings is 2. The van der Waals surface area contributed by atoms with E-state index in [1.807, 2.05) is 12.1 Å². The molecule has 0 unspecified atom stereocenters. The number of hydrogen-bond donors (Lipinski definition) is 1. The summed E-state index contributed by atoms with van der Waals surface area (Å²) >= 11 is 2.98. The number of nitrogens with zero attached hydrogens (tertiary/aromatic N) is 5. The van der Waals surface area contributed by atoms with Gasteiger partial charge in [0, 0.05) is 27.1 Å². The maximum atomic E-state index is 11.8. The van der Waals surface area contributed by atoms with Crippen LogP contribution in [0.2, 0.25) is 0 Å². The van der Waals surface area contributed by atoms with Gasteiger partial charge in [0.2, 0.25) is 0 Å². The van der Waals surface area contributed by atoms with Crippen molar-refractivity contribution in [3.63, 3.8) is 0 Å². The second-order valence-electron chi connectivity index (χ2n) is 12.8. The fourth-order valence-electron chi connectivity index (χ4n) is 4.49. The van der Waals surface area contributed by atoms with Crippen molar-refractivity contribution < 1.29 is 19.1 Å². The number of ether oxygens (including phenoxy) is 2. The Hall–Kier alpha value is -4.77. The molecular weight excluding hydrogens is 645 g/mol. The van der Waals surface area contributed by atoms with Crippen molar-refractivity contribution in [2.45, 2.75) is 66.2 Å². The number of hydrogen-bond acceptors (Lipinski definition) is 9. The zero-order valence-electron chi connectivity index (χ0n) is 28.5. The average molecular weight is 685 g/mol. The molecule has 0 aliphatic carbocycles. The number of nitrogens with one attached hydrogen (secondary N) is 1. The van der Waals surface area contributed by atoms with Gasteiger partial charge in [0.1, 0.15) is 27.1 Å². The maximum Gasteiger partial charge on any atom is 0.354 e. The van der Waals surface area contributed by atoms with E-state index in [2.05, 4.69) is 103 Å². The Labute approximate surface area is 288 Å².